The van der Waals surface area contributed by atoms with Gasteiger partial charge in [-0.2, -0.15) is 0 Å². The van der Waals surface area contributed by atoms with Crippen molar-refractivity contribution in [2.45, 2.75) is 66.8 Å². The molecule has 220 valence electrons. The summed E-state index contributed by atoms with van der Waals surface area (Å²) in [5.74, 6) is -0.182. The van der Waals surface area contributed by atoms with Crippen LogP contribution in [0.5, 0.6) is 0 Å². The normalized spacial score (nSPS) is 12.8. The summed E-state index contributed by atoms with van der Waals surface area (Å²) in [6.07, 6.45) is 3.08. The molecule has 1 N–H and O–H groups in total. The Hall–Kier alpha value is -3.23. The summed E-state index contributed by atoms with van der Waals surface area (Å²) < 4.78 is 11.4. The van der Waals surface area contributed by atoms with Gasteiger partial charge < -0.3 is 14.8 Å². The third-order valence-corrected chi connectivity index (χ3v) is 6.79. The highest BCUT2D eigenvalue weighted by Crippen LogP contribution is 2.20. The molecular formula is C32H46N2O6. The van der Waals surface area contributed by atoms with E-state index in [0.29, 0.717) is 24.1 Å². The van der Waals surface area contributed by atoms with Gasteiger partial charge in [-0.1, -0.05) is 59.7 Å². The number of benzene rings is 1. The fraction of sp³-hybridized carbons (Fsp3) is 0.531. The van der Waals surface area contributed by atoms with Crippen LogP contribution < -0.4 is 5.32 Å². The van der Waals surface area contributed by atoms with Gasteiger partial charge in [0.15, 0.2) is 5.78 Å². The number of Topliss-reactive ketones (excluding diaryl/α,β-unsaturated/α-hetero) is 3. The maximum absolute atomic E-state index is 13.0. The summed E-state index contributed by atoms with van der Waals surface area (Å²) in [5, 5.41) is 2.95. The number of rotatable bonds is 18. The lowest BCUT2D eigenvalue weighted by atomic mass is 10.0. The molecule has 0 saturated heterocycles. The molecule has 1 aromatic heterocycles. The van der Waals surface area contributed by atoms with Crippen LogP contribution in [0.3, 0.4) is 0 Å². The first-order valence-corrected chi connectivity index (χ1v) is 14.2. The van der Waals surface area contributed by atoms with Crippen LogP contribution in [-0.4, -0.2) is 60.7 Å². The molecule has 0 aliphatic carbocycles. The fourth-order valence-corrected chi connectivity index (χ4v) is 3.78. The van der Waals surface area contributed by atoms with Crippen molar-refractivity contribution in [2.75, 3.05) is 26.4 Å². The van der Waals surface area contributed by atoms with Gasteiger partial charge in [-0.25, -0.2) is 0 Å². The molecule has 1 aromatic carbocycles. The number of amides is 1. The topological polar surface area (TPSA) is 112 Å². The molecule has 0 bridgehead atoms. The van der Waals surface area contributed by atoms with E-state index in [1.165, 1.54) is 0 Å². The second-order valence-electron chi connectivity index (χ2n) is 10.7. The number of aromatic nitrogens is 1. The standard InChI is InChI=1S/C32H44N2O6.H2/c1-7-23(6)30(36)15-17-40-20-27(19-39-16-14-29(35)21(2)3)34-32(38)25-10-8-24(9-11-25)26-12-13-28(33-18-26)31(37)22(4)5;/h8-13,18,21-23,27H,7,14-17,19-20H2,1-6H3,(H,34,38);1H. The molecule has 0 saturated carbocycles. The number of carbonyl (C=O) groups is 4. The third kappa shape index (κ3) is 10.7. The Bertz CT molecular complexity index is 1120. The number of ether oxygens (including phenoxy) is 2. The van der Waals surface area contributed by atoms with Crippen LogP contribution in [0.25, 0.3) is 11.1 Å². The van der Waals surface area contributed by atoms with Crippen molar-refractivity contribution >= 4 is 23.3 Å². The Morgan fingerprint density at radius 3 is 1.88 bits per heavy atom. The first-order chi connectivity index (χ1) is 19.0. The summed E-state index contributed by atoms with van der Waals surface area (Å²) in [6.45, 7) is 12.2. The van der Waals surface area contributed by atoms with Gasteiger partial charge in [0.2, 0.25) is 0 Å². The number of carbonyl (C=O) groups excluding carboxylic acids is 4. The van der Waals surface area contributed by atoms with Gasteiger partial charge in [-0.3, -0.25) is 24.2 Å². The Labute approximate surface area is 239 Å². The van der Waals surface area contributed by atoms with Crippen molar-refractivity contribution in [1.82, 2.24) is 10.3 Å². The second kappa shape index (κ2) is 16.8. The van der Waals surface area contributed by atoms with Gasteiger partial charge in [-0.05, 0) is 30.2 Å². The first kappa shape index (κ1) is 33.0. The summed E-state index contributed by atoms with van der Waals surface area (Å²) >= 11 is 0. The Morgan fingerprint density at radius 2 is 1.38 bits per heavy atom. The van der Waals surface area contributed by atoms with E-state index in [0.717, 1.165) is 17.5 Å². The number of ketones is 3. The van der Waals surface area contributed by atoms with E-state index in [4.69, 9.17) is 9.47 Å². The van der Waals surface area contributed by atoms with Crippen molar-refractivity contribution in [3.63, 3.8) is 0 Å². The van der Waals surface area contributed by atoms with E-state index in [1.54, 1.807) is 24.4 Å². The lowest BCUT2D eigenvalue weighted by molar-refractivity contribution is -0.123. The van der Waals surface area contributed by atoms with Crippen LogP contribution in [0.15, 0.2) is 42.6 Å². The van der Waals surface area contributed by atoms with Gasteiger partial charge in [0.05, 0.1) is 32.5 Å². The SMILES string of the molecule is CCC(C)C(=O)CCOCC(COCCC(=O)C(C)C)NC(=O)c1ccc(-c2ccc(C(=O)C(C)C)nc2)cc1.[HH]. The zero-order valence-electron chi connectivity index (χ0n) is 24.7. The van der Waals surface area contributed by atoms with Crippen molar-refractivity contribution in [1.29, 1.82) is 0 Å². The van der Waals surface area contributed by atoms with Gasteiger partial charge in [-0.15, -0.1) is 0 Å². The predicted molar refractivity (Wildman–Crippen MR) is 157 cm³/mol. The molecule has 2 atom stereocenters. The molecule has 0 aliphatic rings. The van der Waals surface area contributed by atoms with Gasteiger partial charge >= 0.3 is 0 Å². The Balaban J connectivity index is 0.00000840. The van der Waals surface area contributed by atoms with Gasteiger partial charge in [0.25, 0.3) is 5.91 Å². The lowest BCUT2D eigenvalue weighted by Crippen LogP contribution is -2.42. The number of nitrogens with zero attached hydrogens (tertiary/aromatic N) is 1. The monoisotopic (exact) mass is 554 g/mol. The van der Waals surface area contributed by atoms with Crippen molar-refractivity contribution in [2.24, 2.45) is 17.8 Å². The Kier molecular flexibility index (Phi) is 13.8. The second-order valence-corrected chi connectivity index (χ2v) is 10.7. The number of pyridine rings is 1. The van der Waals surface area contributed by atoms with Crippen molar-refractivity contribution < 1.29 is 30.1 Å². The molecule has 0 radical (unpaired) electrons. The Morgan fingerprint density at radius 1 is 0.800 bits per heavy atom. The molecule has 8 heteroatoms. The maximum Gasteiger partial charge on any atom is 0.251 e. The number of nitrogens with one attached hydrogen (secondary N) is 1. The van der Waals surface area contributed by atoms with Crippen LogP contribution in [0, 0.1) is 17.8 Å². The lowest BCUT2D eigenvalue weighted by Gasteiger charge is -2.19. The predicted octanol–water partition coefficient (Wildman–Crippen LogP) is 5.59. The van der Waals surface area contributed by atoms with Crippen molar-refractivity contribution in [3.05, 3.63) is 53.9 Å². The first-order valence-electron chi connectivity index (χ1n) is 14.2. The smallest absolute Gasteiger partial charge is 0.251 e. The summed E-state index contributed by atoms with van der Waals surface area (Å²) in [4.78, 5) is 53.4. The van der Waals surface area contributed by atoms with Gasteiger partial charge in [0.1, 0.15) is 17.3 Å². The van der Waals surface area contributed by atoms with Crippen LogP contribution in [-0.2, 0) is 19.1 Å². The quantitative estimate of drug-likeness (QED) is 0.189. The average molecular weight is 555 g/mol. The molecule has 1 amide bonds. The highest BCUT2D eigenvalue weighted by atomic mass is 16.5. The minimum Gasteiger partial charge on any atom is -0.379 e. The van der Waals surface area contributed by atoms with E-state index in [9.17, 15) is 19.2 Å². The van der Waals surface area contributed by atoms with Crippen LogP contribution >= 0.6 is 0 Å². The number of hydrogen-bond acceptors (Lipinski definition) is 7. The maximum atomic E-state index is 13.0. The highest BCUT2D eigenvalue weighted by molar-refractivity contribution is 5.96. The van der Waals surface area contributed by atoms with E-state index in [-0.39, 0.29) is 68.9 Å². The summed E-state index contributed by atoms with van der Waals surface area (Å²) in [7, 11) is 0. The summed E-state index contributed by atoms with van der Waals surface area (Å²) in [6, 6.07) is 10.2. The largest absolute Gasteiger partial charge is 0.379 e. The molecule has 0 fully saturated rings. The molecule has 40 heavy (non-hydrogen) atoms. The average Bonchev–Trinajstić information content (AvgIpc) is 2.96. The highest BCUT2D eigenvalue weighted by Gasteiger charge is 2.17. The van der Waals surface area contributed by atoms with Crippen molar-refractivity contribution in [3.8, 4) is 11.1 Å². The molecule has 0 aliphatic heterocycles. The minimum atomic E-state index is -0.449. The van der Waals surface area contributed by atoms with Crippen LogP contribution in [0.4, 0.5) is 0 Å². The molecule has 2 unspecified atom stereocenters. The van der Waals surface area contributed by atoms with Crippen LogP contribution in [0.1, 0.15) is 83.1 Å². The fourth-order valence-electron chi connectivity index (χ4n) is 3.78. The molecule has 2 aromatic rings. The van der Waals surface area contributed by atoms with E-state index in [2.05, 4.69) is 10.3 Å². The van der Waals surface area contributed by atoms with Crippen LogP contribution in [0.2, 0.25) is 0 Å². The third-order valence-electron chi connectivity index (χ3n) is 6.79. The number of hydrogen-bond donors (Lipinski definition) is 1. The molecule has 1 heterocycles. The zero-order valence-corrected chi connectivity index (χ0v) is 24.7. The molecular weight excluding hydrogens is 508 g/mol. The molecule has 8 nitrogen and oxygen atoms in total. The summed E-state index contributed by atoms with van der Waals surface area (Å²) in [5.41, 5.74) is 2.62. The van der Waals surface area contributed by atoms with Gasteiger partial charge in [0, 0.05) is 49.3 Å². The van der Waals surface area contributed by atoms with E-state index >= 15 is 0 Å². The molecule has 2 rings (SSSR count). The van der Waals surface area contributed by atoms with E-state index < -0.39 is 6.04 Å². The van der Waals surface area contributed by atoms with E-state index in [1.807, 2.05) is 59.7 Å². The minimum absolute atomic E-state index is 0. The zero-order chi connectivity index (χ0) is 29.7. The molecule has 0 spiro atoms.